The summed E-state index contributed by atoms with van der Waals surface area (Å²) in [7, 11) is 0. The van der Waals surface area contributed by atoms with Crippen LogP contribution in [-0.2, 0) is 11.3 Å². The van der Waals surface area contributed by atoms with Gasteiger partial charge in [0.25, 0.3) is 0 Å². The van der Waals surface area contributed by atoms with Crippen molar-refractivity contribution < 1.29 is 19.4 Å². The number of carbonyl (C=O) groups is 2. The molecule has 2 amide bonds. The van der Waals surface area contributed by atoms with E-state index in [1.54, 1.807) is 18.2 Å². The molecule has 0 radical (unpaired) electrons. The van der Waals surface area contributed by atoms with E-state index in [-0.39, 0.29) is 29.8 Å². The Kier molecular flexibility index (Phi) is 5.04. The molecule has 6 heteroatoms. The molecule has 130 valence electrons. The maximum Gasteiger partial charge on any atom is 0.335 e. The van der Waals surface area contributed by atoms with Crippen LogP contribution in [0.2, 0.25) is 0 Å². The molecule has 2 saturated heterocycles. The zero-order valence-corrected chi connectivity index (χ0v) is 13.9. The molecular formula is C18H24N2O4. The van der Waals surface area contributed by atoms with Crippen molar-refractivity contribution in [2.24, 2.45) is 0 Å². The predicted octanol–water partition coefficient (Wildman–Crippen LogP) is 2.63. The van der Waals surface area contributed by atoms with Gasteiger partial charge in [0.15, 0.2) is 0 Å². The summed E-state index contributed by atoms with van der Waals surface area (Å²) >= 11 is 0. The molecule has 0 aliphatic carbocycles. The summed E-state index contributed by atoms with van der Waals surface area (Å²) in [6, 6.07) is 7.12. The van der Waals surface area contributed by atoms with Gasteiger partial charge in [0, 0.05) is 25.2 Å². The zero-order valence-electron chi connectivity index (χ0n) is 13.9. The Labute approximate surface area is 141 Å². The van der Waals surface area contributed by atoms with Crippen LogP contribution in [0.15, 0.2) is 24.3 Å². The van der Waals surface area contributed by atoms with Crippen LogP contribution in [0.25, 0.3) is 0 Å². The Morgan fingerprint density at radius 2 is 2.00 bits per heavy atom. The number of hydrogen-bond donors (Lipinski definition) is 2. The van der Waals surface area contributed by atoms with Crippen molar-refractivity contribution >= 4 is 12.0 Å². The summed E-state index contributed by atoms with van der Waals surface area (Å²) in [5.74, 6) is -0.959. The molecule has 0 saturated carbocycles. The van der Waals surface area contributed by atoms with E-state index in [4.69, 9.17) is 9.84 Å². The lowest BCUT2D eigenvalue weighted by molar-refractivity contribution is -0.00204. The van der Waals surface area contributed by atoms with Crippen molar-refractivity contribution in [1.82, 2.24) is 10.2 Å². The molecule has 2 atom stereocenters. The lowest BCUT2D eigenvalue weighted by atomic mass is 10.00. The van der Waals surface area contributed by atoms with Gasteiger partial charge >= 0.3 is 12.0 Å². The Hall–Kier alpha value is -2.08. The normalized spacial score (nSPS) is 25.5. The number of piperidine rings is 1. The van der Waals surface area contributed by atoms with Crippen LogP contribution in [0.1, 0.15) is 48.5 Å². The van der Waals surface area contributed by atoms with Gasteiger partial charge in [-0.25, -0.2) is 9.59 Å². The van der Waals surface area contributed by atoms with E-state index < -0.39 is 5.97 Å². The summed E-state index contributed by atoms with van der Waals surface area (Å²) in [5.41, 5.74) is 1.03. The molecular weight excluding hydrogens is 308 g/mol. The van der Waals surface area contributed by atoms with Crippen LogP contribution in [0.4, 0.5) is 4.79 Å². The minimum atomic E-state index is -0.959. The van der Waals surface area contributed by atoms with Crippen molar-refractivity contribution in [3.63, 3.8) is 0 Å². The minimum absolute atomic E-state index is 0.0572. The fourth-order valence-corrected chi connectivity index (χ4v) is 3.91. The summed E-state index contributed by atoms with van der Waals surface area (Å²) in [6.45, 7) is 3.06. The highest BCUT2D eigenvalue weighted by Gasteiger charge is 2.43. The monoisotopic (exact) mass is 332 g/mol. The number of urea groups is 1. The van der Waals surface area contributed by atoms with Gasteiger partial charge in [-0.05, 0) is 50.3 Å². The number of rotatable bonds is 5. The number of carboxylic acid groups (broad SMARTS) is 1. The molecule has 24 heavy (non-hydrogen) atoms. The molecule has 2 aliphatic heterocycles. The third-order valence-electron chi connectivity index (χ3n) is 4.94. The number of benzene rings is 1. The fourth-order valence-electron chi connectivity index (χ4n) is 3.91. The number of carboxylic acids is 1. The van der Waals surface area contributed by atoms with Crippen molar-refractivity contribution in [2.75, 3.05) is 6.61 Å². The first-order chi connectivity index (χ1) is 11.6. The second kappa shape index (κ2) is 7.21. The van der Waals surface area contributed by atoms with Crippen LogP contribution in [0, 0.1) is 0 Å². The van der Waals surface area contributed by atoms with Gasteiger partial charge in [0.05, 0.1) is 11.7 Å². The Balaban J connectivity index is 1.58. The van der Waals surface area contributed by atoms with Gasteiger partial charge in [0.2, 0.25) is 0 Å². The van der Waals surface area contributed by atoms with Gasteiger partial charge in [-0.15, -0.1) is 0 Å². The van der Waals surface area contributed by atoms with Crippen molar-refractivity contribution in [3.8, 4) is 0 Å². The molecule has 2 heterocycles. The first kappa shape index (κ1) is 16.8. The number of nitrogens with one attached hydrogen (secondary N) is 1. The average molecular weight is 332 g/mol. The number of amides is 2. The molecule has 2 aliphatic rings. The number of carbonyl (C=O) groups excluding carboxylic acids is 1. The second-order valence-electron chi connectivity index (χ2n) is 6.51. The lowest BCUT2D eigenvalue weighted by Crippen LogP contribution is -2.52. The highest BCUT2D eigenvalue weighted by atomic mass is 16.5. The highest BCUT2D eigenvalue weighted by molar-refractivity contribution is 5.87. The van der Waals surface area contributed by atoms with E-state index in [1.165, 1.54) is 0 Å². The molecule has 2 fully saturated rings. The Morgan fingerprint density at radius 1 is 1.29 bits per heavy atom. The quantitative estimate of drug-likeness (QED) is 0.869. The van der Waals surface area contributed by atoms with E-state index in [9.17, 15) is 9.59 Å². The highest BCUT2D eigenvalue weighted by Crippen LogP contribution is 2.36. The number of aromatic carboxylic acids is 1. The van der Waals surface area contributed by atoms with Gasteiger partial charge in [-0.3, -0.25) is 0 Å². The summed E-state index contributed by atoms with van der Waals surface area (Å²) in [5, 5.41) is 12.0. The SMILES string of the molecule is CCOC1CC2CCC(C1)N2C(=O)NCc1cccc(C(=O)O)c1. The molecule has 2 N–H and O–H groups in total. The van der Waals surface area contributed by atoms with Crippen molar-refractivity contribution in [3.05, 3.63) is 35.4 Å². The molecule has 2 unspecified atom stereocenters. The number of hydrogen-bond acceptors (Lipinski definition) is 3. The number of fused-ring (bicyclic) bond motifs is 2. The van der Waals surface area contributed by atoms with Crippen LogP contribution < -0.4 is 5.32 Å². The van der Waals surface area contributed by atoms with Crippen LogP contribution in [0.5, 0.6) is 0 Å². The maximum absolute atomic E-state index is 12.6. The zero-order chi connectivity index (χ0) is 17.1. The fraction of sp³-hybridized carbons (Fsp3) is 0.556. The first-order valence-corrected chi connectivity index (χ1v) is 8.58. The molecule has 3 rings (SSSR count). The summed E-state index contributed by atoms with van der Waals surface area (Å²) in [4.78, 5) is 25.6. The standard InChI is InChI=1S/C18H24N2O4/c1-2-24-16-9-14-6-7-15(10-16)20(14)18(23)19-11-12-4-3-5-13(8-12)17(21)22/h3-5,8,14-16H,2,6-7,9-11H2,1H3,(H,19,23)(H,21,22). The molecule has 1 aromatic rings. The van der Waals surface area contributed by atoms with E-state index in [0.717, 1.165) is 37.9 Å². The van der Waals surface area contributed by atoms with E-state index in [0.29, 0.717) is 6.54 Å². The van der Waals surface area contributed by atoms with E-state index in [2.05, 4.69) is 5.32 Å². The van der Waals surface area contributed by atoms with E-state index >= 15 is 0 Å². The van der Waals surface area contributed by atoms with Crippen molar-refractivity contribution in [1.29, 1.82) is 0 Å². The molecule has 0 spiro atoms. The van der Waals surface area contributed by atoms with Gasteiger partial charge in [-0.2, -0.15) is 0 Å². The maximum atomic E-state index is 12.6. The lowest BCUT2D eigenvalue weighted by Gasteiger charge is -2.38. The summed E-state index contributed by atoms with van der Waals surface area (Å²) < 4.78 is 5.74. The third kappa shape index (κ3) is 3.53. The summed E-state index contributed by atoms with van der Waals surface area (Å²) in [6.07, 6.45) is 4.16. The van der Waals surface area contributed by atoms with Crippen LogP contribution in [0.3, 0.4) is 0 Å². The first-order valence-electron chi connectivity index (χ1n) is 8.58. The third-order valence-corrected chi connectivity index (χ3v) is 4.94. The average Bonchev–Trinajstić information content (AvgIpc) is 2.84. The largest absolute Gasteiger partial charge is 0.478 e. The topological polar surface area (TPSA) is 78.9 Å². The number of ether oxygens (including phenoxy) is 1. The van der Waals surface area contributed by atoms with E-state index in [1.807, 2.05) is 17.9 Å². The molecule has 2 bridgehead atoms. The molecule has 1 aromatic carbocycles. The van der Waals surface area contributed by atoms with Crippen LogP contribution >= 0.6 is 0 Å². The van der Waals surface area contributed by atoms with Gasteiger partial charge in [0.1, 0.15) is 0 Å². The minimum Gasteiger partial charge on any atom is -0.478 e. The van der Waals surface area contributed by atoms with Gasteiger partial charge in [-0.1, -0.05) is 12.1 Å². The Bertz CT molecular complexity index is 605. The Morgan fingerprint density at radius 3 is 2.62 bits per heavy atom. The van der Waals surface area contributed by atoms with Crippen LogP contribution in [-0.4, -0.2) is 46.8 Å². The molecule has 6 nitrogen and oxygen atoms in total. The van der Waals surface area contributed by atoms with Crippen molar-refractivity contribution in [2.45, 2.75) is 57.3 Å². The smallest absolute Gasteiger partial charge is 0.335 e. The number of nitrogens with zero attached hydrogens (tertiary/aromatic N) is 1. The van der Waals surface area contributed by atoms with Gasteiger partial charge < -0.3 is 20.1 Å². The second-order valence-corrected chi connectivity index (χ2v) is 6.51. The molecule has 0 aromatic heterocycles. The predicted molar refractivity (Wildman–Crippen MR) is 88.9 cm³/mol.